The van der Waals surface area contributed by atoms with Gasteiger partial charge in [0.25, 0.3) is 0 Å². The fourth-order valence-electron chi connectivity index (χ4n) is 1.27. The van der Waals surface area contributed by atoms with Crippen molar-refractivity contribution >= 4 is 17.3 Å². The Morgan fingerprint density at radius 1 is 1.53 bits per heavy atom. The maximum atomic E-state index is 11.4. The number of rotatable bonds is 4. The zero-order valence-corrected chi connectivity index (χ0v) is 9.08. The number of anilines is 2. The molecular weight excluding hydrogens is 190 g/mol. The van der Waals surface area contributed by atoms with E-state index in [0.29, 0.717) is 12.2 Å². The van der Waals surface area contributed by atoms with Crippen LogP contribution >= 0.6 is 0 Å². The number of benzene rings is 1. The fourth-order valence-corrected chi connectivity index (χ4v) is 1.27. The molecule has 4 nitrogen and oxygen atoms in total. The summed E-state index contributed by atoms with van der Waals surface area (Å²) in [6.45, 7) is 4.35. The summed E-state index contributed by atoms with van der Waals surface area (Å²) in [5.41, 5.74) is 7.17. The van der Waals surface area contributed by atoms with Crippen molar-refractivity contribution in [2.45, 2.75) is 19.9 Å². The summed E-state index contributed by atoms with van der Waals surface area (Å²) < 4.78 is 0. The monoisotopic (exact) mass is 207 g/mol. The molecule has 1 atom stereocenters. The van der Waals surface area contributed by atoms with Crippen molar-refractivity contribution in [3.8, 4) is 0 Å². The first-order valence-electron chi connectivity index (χ1n) is 5.03. The Hall–Kier alpha value is -1.71. The standard InChI is InChI=1S/C11H17N3O/c1-3-13-11(15)8(2)14-10-6-4-5-9(12)7-10/h4-8,14H,3,12H2,1-2H3,(H,13,15). The van der Waals surface area contributed by atoms with Crippen molar-refractivity contribution in [1.29, 1.82) is 0 Å². The molecule has 4 heteroatoms. The predicted molar refractivity (Wildman–Crippen MR) is 62.6 cm³/mol. The Kier molecular flexibility index (Phi) is 3.97. The van der Waals surface area contributed by atoms with Gasteiger partial charge in [0, 0.05) is 17.9 Å². The molecule has 1 aromatic rings. The van der Waals surface area contributed by atoms with Gasteiger partial charge in [-0.3, -0.25) is 4.79 Å². The Balaban J connectivity index is 2.58. The van der Waals surface area contributed by atoms with E-state index in [4.69, 9.17) is 5.73 Å². The van der Waals surface area contributed by atoms with Gasteiger partial charge in [0.15, 0.2) is 0 Å². The van der Waals surface area contributed by atoms with Gasteiger partial charge in [-0.1, -0.05) is 6.07 Å². The number of likely N-dealkylation sites (N-methyl/N-ethyl adjacent to an activating group) is 1. The SMILES string of the molecule is CCNC(=O)C(C)Nc1cccc(N)c1. The molecule has 4 N–H and O–H groups in total. The number of hydrogen-bond donors (Lipinski definition) is 3. The van der Waals surface area contributed by atoms with Gasteiger partial charge in [-0.15, -0.1) is 0 Å². The van der Waals surface area contributed by atoms with E-state index in [1.54, 1.807) is 6.07 Å². The van der Waals surface area contributed by atoms with E-state index in [-0.39, 0.29) is 11.9 Å². The highest BCUT2D eigenvalue weighted by Crippen LogP contribution is 2.12. The van der Waals surface area contributed by atoms with Crippen LogP contribution in [0.5, 0.6) is 0 Å². The van der Waals surface area contributed by atoms with Crippen LogP contribution in [0.25, 0.3) is 0 Å². The lowest BCUT2D eigenvalue weighted by Gasteiger charge is -2.14. The fraction of sp³-hybridized carbons (Fsp3) is 0.364. The molecule has 1 amide bonds. The van der Waals surface area contributed by atoms with Crippen LogP contribution in [-0.2, 0) is 4.79 Å². The number of nitrogens with one attached hydrogen (secondary N) is 2. The van der Waals surface area contributed by atoms with Gasteiger partial charge < -0.3 is 16.4 Å². The van der Waals surface area contributed by atoms with Crippen LogP contribution in [0.1, 0.15) is 13.8 Å². The summed E-state index contributed by atoms with van der Waals surface area (Å²) in [4.78, 5) is 11.4. The van der Waals surface area contributed by atoms with Crippen molar-refractivity contribution in [1.82, 2.24) is 5.32 Å². The third kappa shape index (κ3) is 3.50. The number of nitrogens with two attached hydrogens (primary N) is 1. The van der Waals surface area contributed by atoms with E-state index in [1.807, 2.05) is 32.0 Å². The second kappa shape index (κ2) is 5.24. The third-order valence-electron chi connectivity index (χ3n) is 2.01. The lowest BCUT2D eigenvalue weighted by molar-refractivity contribution is -0.121. The summed E-state index contributed by atoms with van der Waals surface area (Å²) >= 11 is 0. The third-order valence-corrected chi connectivity index (χ3v) is 2.01. The molecular formula is C11H17N3O. The lowest BCUT2D eigenvalue weighted by Crippen LogP contribution is -2.37. The zero-order chi connectivity index (χ0) is 11.3. The number of carbonyl (C=O) groups is 1. The van der Waals surface area contributed by atoms with Crippen molar-refractivity contribution in [2.75, 3.05) is 17.6 Å². The number of carbonyl (C=O) groups excluding carboxylic acids is 1. The topological polar surface area (TPSA) is 67.2 Å². The Morgan fingerprint density at radius 2 is 2.27 bits per heavy atom. The van der Waals surface area contributed by atoms with Crippen LogP contribution in [0, 0.1) is 0 Å². The highest BCUT2D eigenvalue weighted by molar-refractivity contribution is 5.84. The number of amides is 1. The van der Waals surface area contributed by atoms with Crippen LogP contribution < -0.4 is 16.4 Å². The van der Waals surface area contributed by atoms with Crippen LogP contribution in [0.2, 0.25) is 0 Å². The molecule has 0 aliphatic rings. The van der Waals surface area contributed by atoms with Crippen LogP contribution in [-0.4, -0.2) is 18.5 Å². The molecule has 0 aliphatic heterocycles. The molecule has 0 saturated carbocycles. The maximum absolute atomic E-state index is 11.4. The first-order valence-corrected chi connectivity index (χ1v) is 5.03. The summed E-state index contributed by atoms with van der Waals surface area (Å²) in [6.07, 6.45) is 0. The van der Waals surface area contributed by atoms with Crippen molar-refractivity contribution in [3.05, 3.63) is 24.3 Å². The number of hydrogen-bond acceptors (Lipinski definition) is 3. The second-order valence-electron chi connectivity index (χ2n) is 3.39. The average molecular weight is 207 g/mol. The van der Waals surface area contributed by atoms with Crippen LogP contribution in [0.4, 0.5) is 11.4 Å². The smallest absolute Gasteiger partial charge is 0.242 e. The molecule has 0 radical (unpaired) electrons. The van der Waals surface area contributed by atoms with Crippen molar-refractivity contribution in [3.63, 3.8) is 0 Å². The van der Waals surface area contributed by atoms with Crippen molar-refractivity contribution < 1.29 is 4.79 Å². The van der Waals surface area contributed by atoms with Crippen LogP contribution in [0.3, 0.4) is 0 Å². The highest BCUT2D eigenvalue weighted by Gasteiger charge is 2.10. The molecule has 0 spiro atoms. The molecule has 82 valence electrons. The molecule has 1 rings (SSSR count). The van der Waals surface area contributed by atoms with Crippen molar-refractivity contribution in [2.24, 2.45) is 0 Å². The summed E-state index contributed by atoms with van der Waals surface area (Å²) in [5.74, 6) is -0.0140. The minimum absolute atomic E-state index is 0.0140. The average Bonchev–Trinajstić information content (AvgIpc) is 2.18. The van der Waals surface area contributed by atoms with Gasteiger partial charge in [0.1, 0.15) is 6.04 Å². The first-order chi connectivity index (χ1) is 7.13. The van der Waals surface area contributed by atoms with Crippen LogP contribution in [0.15, 0.2) is 24.3 Å². The summed E-state index contributed by atoms with van der Waals surface area (Å²) in [7, 11) is 0. The van der Waals surface area contributed by atoms with E-state index in [2.05, 4.69) is 10.6 Å². The van der Waals surface area contributed by atoms with E-state index in [0.717, 1.165) is 5.69 Å². The minimum atomic E-state index is -0.258. The second-order valence-corrected chi connectivity index (χ2v) is 3.39. The molecule has 0 aliphatic carbocycles. The molecule has 0 fully saturated rings. The van der Waals surface area contributed by atoms with E-state index >= 15 is 0 Å². The predicted octanol–water partition coefficient (Wildman–Crippen LogP) is 1.21. The normalized spacial score (nSPS) is 11.9. The molecule has 0 bridgehead atoms. The van der Waals surface area contributed by atoms with Gasteiger partial charge in [-0.05, 0) is 32.0 Å². The van der Waals surface area contributed by atoms with Gasteiger partial charge in [-0.2, -0.15) is 0 Å². The summed E-state index contributed by atoms with van der Waals surface area (Å²) in [5, 5.41) is 5.82. The number of nitrogen functional groups attached to an aromatic ring is 1. The molecule has 0 saturated heterocycles. The van der Waals surface area contributed by atoms with Gasteiger partial charge in [0.2, 0.25) is 5.91 Å². The largest absolute Gasteiger partial charge is 0.399 e. The van der Waals surface area contributed by atoms with E-state index in [1.165, 1.54) is 0 Å². The zero-order valence-electron chi connectivity index (χ0n) is 9.08. The molecule has 15 heavy (non-hydrogen) atoms. The minimum Gasteiger partial charge on any atom is -0.399 e. The van der Waals surface area contributed by atoms with Gasteiger partial charge in [-0.25, -0.2) is 0 Å². The van der Waals surface area contributed by atoms with Gasteiger partial charge in [0.05, 0.1) is 0 Å². The van der Waals surface area contributed by atoms with E-state index in [9.17, 15) is 4.79 Å². The molecule has 0 aromatic heterocycles. The Bertz CT molecular complexity index is 338. The molecule has 1 aromatic carbocycles. The maximum Gasteiger partial charge on any atom is 0.242 e. The quantitative estimate of drug-likeness (QED) is 0.650. The van der Waals surface area contributed by atoms with Gasteiger partial charge >= 0.3 is 0 Å². The summed E-state index contributed by atoms with van der Waals surface area (Å²) in [6, 6.07) is 7.08. The lowest BCUT2D eigenvalue weighted by atomic mass is 10.2. The molecule has 0 heterocycles. The molecule has 1 unspecified atom stereocenters. The Morgan fingerprint density at radius 3 is 2.87 bits per heavy atom. The van der Waals surface area contributed by atoms with E-state index < -0.39 is 0 Å². The highest BCUT2D eigenvalue weighted by atomic mass is 16.2. The first kappa shape index (κ1) is 11.4. The Labute approximate surface area is 89.9 Å².